The largest absolute Gasteiger partial charge is 0.482 e. The third kappa shape index (κ3) is 1.97. The van der Waals surface area contributed by atoms with Gasteiger partial charge in [0, 0.05) is 5.56 Å². The lowest BCUT2D eigenvalue weighted by Crippen LogP contribution is -2.25. The fourth-order valence-electron chi connectivity index (χ4n) is 3.07. The summed E-state index contributed by atoms with van der Waals surface area (Å²) in [4.78, 5) is 16.3. The number of carbonyl (C=O) groups is 1. The number of nitrogens with one attached hydrogen (secondary N) is 1. The average Bonchev–Trinajstić information content (AvgIpc) is 3.12. The molecule has 1 aliphatic heterocycles. The maximum absolute atomic E-state index is 11.5. The summed E-state index contributed by atoms with van der Waals surface area (Å²) in [5, 5.41) is 4.91. The topological polar surface area (TPSA) is 51.2 Å². The smallest absolute Gasteiger partial charge is 0.262 e. The van der Waals surface area contributed by atoms with Crippen molar-refractivity contribution >= 4 is 34.6 Å². The number of hydrogen-bond donors (Lipinski definition) is 1. The number of nitrogens with zero attached hydrogens (tertiary/aromatic N) is 1. The van der Waals surface area contributed by atoms with E-state index in [2.05, 4.69) is 29.6 Å². The van der Waals surface area contributed by atoms with Crippen LogP contribution < -0.4 is 19.9 Å². The van der Waals surface area contributed by atoms with Gasteiger partial charge in [0.05, 0.1) is 15.6 Å². The molecule has 23 heavy (non-hydrogen) atoms. The lowest BCUT2D eigenvalue weighted by molar-refractivity contribution is -0.118. The Bertz CT molecular complexity index is 1040. The minimum atomic E-state index is -0.121. The molecule has 0 radical (unpaired) electrons. The van der Waals surface area contributed by atoms with Crippen LogP contribution in [0.5, 0.6) is 5.75 Å². The zero-order chi connectivity index (χ0) is 15.4. The van der Waals surface area contributed by atoms with Gasteiger partial charge in [-0.15, -0.1) is 11.3 Å². The second-order valence-electron chi connectivity index (χ2n) is 5.66. The standard InChI is InChI=1S/C18H12N2O2S/c21-16-9-22-14-6-5-11(7-13(14)19-16)18-20-17-12-4-2-1-3-10(12)8-15(17)23-18/h1-3,5-8H,4,9H2,(H,19,21). The Balaban J connectivity index is 1.62. The van der Waals surface area contributed by atoms with Crippen LogP contribution in [0.1, 0.15) is 6.42 Å². The van der Waals surface area contributed by atoms with Crippen LogP contribution >= 0.6 is 11.3 Å². The second-order valence-corrected chi connectivity index (χ2v) is 6.69. The average molecular weight is 320 g/mol. The quantitative estimate of drug-likeness (QED) is 0.874. The number of fused-ring (bicyclic) bond motifs is 3. The highest BCUT2D eigenvalue weighted by molar-refractivity contribution is 7.13. The number of ether oxygens (including phenoxy) is 1. The Morgan fingerprint density at radius 2 is 2.26 bits per heavy atom. The minimum absolute atomic E-state index is 0.0772. The van der Waals surface area contributed by atoms with Gasteiger partial charge in [-0.05, 0) is 41.8 Å². The van der Waals surface area contributed by atoms with Crippen molar-refractivity contribution in [1.82, 2.24) is 4.98 Å². The molecule has 0 bridgehead atoms. The van der Waals surface area contributed by atoms with E-state index in [1.165, 1.54) is 15.7 Å². The number of carbonyl (C=O) groups excluding carboxylic acids is 1. The summed E-state index contributed by atoms with van der Waals surface area (Å²) in [6.45, 7) is 0.0772. The fourth-order valence-corrected chi connectivity index (χ4v) is 4.11. The Morgan fingerprint density at radius 3 is 3.22 bits per heavy atom. The van der Waals surface area contributed by atoms with Gasteiger partial charge in [-0.25, -0.2) is 4.98 Å². The maximum atomic E-state index is 11.5. The molecule has 2 heterocycles. The summed E-state index contributed by atoms with van der Waals surface area (Å²) in [5.41, 5.74) is 4.30. The molecule has 5 heteroatoms. The van der Waals surface area contributed by atoms with E-state index in [1.54, 1.807) is 11.3 Å². The number of aromatic nitrogens is 1. The fraction of sp³-hybridized carbons (Fsp3) is 0.111. The van der Waals surface area contributed by atoms with E-state index in [0.29, 0.717) is 11.4 Å². The first-order valence-corrected chi connectivity index (χ1v) is 8.25. The Labute approximate surface area is 136 Å². The van der Waals surface area contributed by atoms with Gasteiger partial charge in [0.25, 0.3) is 5.91 Å². The first-order chi connectivity index (χ1) is 11.3. The highest BCUT2D eigenvalue weighted by atomic mass is 32.1. The molecule has 112 valence electrons. The molecule has 0 atom stereocenters. The van der Waals surface area contributed by atoms with Crippen molar-refractivity contribution in [3.63, 3.8) is 0 Å². The van der Waals surface area contributed by atoms with Gasteiger partial charge in [0.2, 0.25) is 0 Å². The monoisotopic (exact) mass is 320 g/mol. The molecule has 4 nitrogen and oxygen atoms in total. The summed E-state index contributed by atoms with van der Waals surface area (Å²) in [6, 6.07) is 5.82. The lowest BCUT2D eigenvalue weighted by Gasteiger charge is -2.18. The van der Waals surface area contributed by atoms with Gasteiger partial charge < -0.3 is 10.1 Å². The normalized spacial score (nSPS) is 17.5. The molecule has 5 rings (SSSR count). The number of amides is 1. The van der Waals surface area contributed by atoms with Gasteiger partial charge in [0.15, 0.2) is 6.61 Å². The van der Waals surface area contributed by atoms with Crippen molar-refractivity contribution in [3.05, 3.63) is 51.9 Å². The van der Waals surface area contributed by atoms with E-state index in [-0.39, 0.29) is 12.5 Å². The second kappa shape index (κ2) is 4.67. The minimum Gasteiger partial charge on any atom is -0.482 e. The van der Waals surface area contributed by atoms with Gasteiger partial charge in [-0.1, -0.05) is 18.2 Å². The van der Waals surface area contributed by atoms with E-state index in [1.807, 2.05) is 18.2 Å². The molecular weight excluding hydrogens is 308 g/mol. The first kappa shape index (κ1) is 12.8. The number of rotatable bonds is 1. The van der Waals surface area contributed by atoms with E-state index < -0.39 is 0 Å². The predicted molar refractivity (Wildman–Crippen MR) is 90.6 cm³/mol. The van der Waals surface area contributed by atoms with Crippen LogP contribution in [0.4, 0.5) is 5.69 Å². The molecule has 0 saturated heterocycles. The van der Waals surface area contributed by atoms with E-state index in [4.69, 9.17) is 9.72 Å². The zero-order valence-corrected chi connectivity index (χ0v) is 12.9. The van der Waals surface area contributed by atoms with Gasteiger partial charge >= 0.3 is 0 Å². The van der Waals surface area contributed by atoms with Crippen molar-refractivity contribution in [3.8, 4) is 16.3 Å². The van der Waals surface area contributed by atoms with Gasteiger partial charge in [0.1, 0.15) is 10.8 Å². The van der Waals surface area contributed by atoms with Crippen LogP contribution in [0.3, 0.4) is 0 Å². The molecule has 0 spiro atoms. The van der Waals surface area contributed by atoms with E-state index in [9.17, 15) is 4.79 Å². The molecular formula is C18H12N2O2S. The number of hydrogen-bond acceptors (Lipinski definition) is 4. The molecule has 2 aromatic rings. The predicted octanol–water partition coefficient (Wildman–Crippen LogP) is 1.97. The van der Waals surface area contributed by atoms with Crippen molar-refractivity contribution in [1.29, 1.82) is 0 Å². The van der Waals surface area contributed by atoms with Crippen molar-refractivity contribution in [2.45, 2.75) is 6.42 Å². The van der Waals surface area contributed by atoms with Gasteiger partial charge in [-0.3, -0.25) is 4.79 Å². The summed E-state index contributed by atoms with van der Waals surface area (Å²) in [5.74, 6) is 0.588. The summed E-state index contributed by atoms with van der Waals surface area (Å²) >= 11 is 1.68. The van der Waals surface area contributed by atoms with Crippen LogP contribution in [0.15, 0.2) is 42.0 Å². The number of thiazole rings is 1. The van der Waals surface area contributed by atoms with E-state index in [0.717, 1.165) is 22.3 Å². The van der Waals surface area contributed by atoms with Crippen LogP contribution in [0.2, 0.25) is 0 Å². The molecule has 1 N–H and O–H groups in total. The third-order valence-electron chi connectivity index (χ3n) is 4.17. The molecule has 1 amide bonds. The van der Waals surface area contributed by atoms with Gasteiger partial charge in [-0.2, -0.15) is 0 Å². The molecule has 0 fully saturated rings. The zero-order valence-electron chi connectivity index (χ0n) is 12.1. The molecule has 1 aromatic heterocycles. The van der Waals surface area contributed by atoms with Crippen molar-refractivity contribution in [2.24, 2.45) is 0 Å². The SMILES string of the molecule is O=C1COc2ccc(-c3nc4c(s3)=CC3=CC=CCC=43)cc2N1. The maximum Gasteiger partial charge on any atom is 0.262 e. The number of benzene rings is 1. The number of allylic oxidation sites excluding steroid dienone is 4. The molecule has 1 aromatic carbocycles. The summed E-state index contributed by atoms with van der Waals surface area (Å²) < 4.78 is 6.62. The molecule has 3 aliphatic rings. The highest BCUT2D eigenvalue weighted by Crippen LogP contribution is 2.33. The first-order valence-electron chi connectivity index (χ1n) is 7.44. The molecule has 2 aliphatic carbocycles. The van der Waals surface area contributed by atoms with Crippen LogP contribution in [-0.2, 0) is 4.79 Å². The Morgan fingerprint density at radius 1 is 1.30 bits per heavy atom. The molecule has 0 unspecified atom stereocenters. The van der Waals surface area contributed by atoms with Crippen LogP contribution in [0.25, 0.3) is 22.2 Å². The number of anilines is 1. The summed E-state index contributed by atoms with van der Waals surface area (Å²) in [6.07, 6.45) is 9.54. The highest BCUT2D eigenvalue weighted by Gasteiger charge is 2.19. The van der Waals surface area contributed by atoms with Crippen molar-refractivity contribution in [2.75, 3.05) is 11.9 Å². The van der Waals surface area contributed by atoms with Crippen LogP contribution in [0, 0.1) is 0 Å². The van der Waals surface area contributed by atoms with Crippen LogP contribution in [-0.4, -0.2) is 17.5 Å². The summed E-state index contributed by atoms with van der Waals surface area (Å²) in [7, 11) is 0. The van der Waals surface area contributed by atoms with E-state index >= 15 is 0 Å². The Hall–Kier alpha value is -2.66. The third-order valence-corrected chi connectivity index (χ3v) is 5.22. The molecule has 0 saturated carbocycles. The van der Waals surface area contributed by atoms with Crippen molar-refractivity contribution < 1.29 is 9.53 Å². The lowest BCUT2D eigenvalue weighted by atomic mass is 10.0. The Kier molecular flexibility index (Phi) is 2.60.